The molecule has 0 aliphatic heterocycles. The van der Waals surface area contributed by atoms with Gasteiger partial charge in [-0.05, 0) is 17.1 Å². The molecule has 0 unspecified atom stereocenters. The van der Waals surface area contributed by atoms with Gasteiger partial charge in [0.2, 0.25) is 0 Å². The summed E-state index contributed by atoms with van der Waals surface area (Å²) in [5.74, 6) is 0. The largest absolute Gasteiger partial charge is 0.166 e. The summed E-state index contributed by atoms with van der Waals surface area (Å²) in [7, 11) is -1.43. The van der Waals surface area contributed by atoms with E-state index in [1.165, 1.54) is 12.5 Å². The molecular formula is C9H21ClSi. The van der Waals surface area contributed by atoms with Crippen LogP contribution in [0.4, 0.5) is 0 Å². The van der Waals surface area contributed by atoms with Crippen LogP contribution in [0.2, 0.25) is 17.1 Å². The summed E-state index contributed by atoms with van der Waals surface area (Å²) in [5, 5.41) is 0. The lowest BCUT2D eigenvalue weighted by atomic mass is 10.5. The first-order chi connectivity index (χ1) is 4.95. The Labute approximate surface area is 77.0 Å². The van der Waals surface area contributed by atoms with Gasteiger partial charge in [0, 0.05) is 0 Å². The molecule has 68 valence electrons. The Morgan fingerprint density at radius 1 is 1.09 bits per heavy atom. The molecule has 0 fully saturated rings. The van der Waals surface area contributed by atoms with Crippen molar-refractivity contribution in [3.63, 3.8) is 0 Å². The molecule has 0 amide bonds. The molecule has 0 bridgehead atoms. The molecule has 0 saturated carbocycles. The Morgan fingerprint density at radius 2 is 1.45 bits per heavy atom. The second-order valence-corrected chi connectivity index (χ2v) is 10.8. The molecule has 0 aliphatic carbocycles. The summed E-state index contributed by atoms with van der Waals surface area (Å²) in [6.07, 6.45) is 1.24. The minimum atomic E-state index is -1.43. The number of hydrogen-bond acceptors (Lipinski definition) is 0. The molecule has 11 heavy (non-hydrogen) atoms. The highest BCUT2D eigenvalue weighted by Crippen LogP contribution is 2.39. The van der Waals surface area contributed by atoms with Gasteiger partial charge in [0.15, 0.2) is 7.38 Å². The van der Waals surface area contributed by atoms with E-state index in [2.05, 4.69) is 34.6 Å². The molecule has 0 heterocycles. The van der Waals surface area contributed by atoms with Crippen LogP contribution in [-0.4, -0.2) is 7.38 Å². The van der Waals surface area contributed by atoms with Crippen molar-refractivity contribution in [2.75, 3.05) is 0 Å². The van der Waals surface area contributed by atoms with Crippen LogP contribution in [0.15, 0.2) is 0 Å². The van der Waals surface area contributed by atoms with Gasteiger partial charge >= 0.3 is 0 Å². The summed E-state index contributed by atoms with van der Waals surface area (Å²) in [6, 6.07) is 1.27. The Morgan fingerprint density at radius 3 is 1.55 bits per heavy atom. The van der Waals surface area contributed by atoms with Gasteiger partial charge in [0.1, 0.15) is 0 Å². The van der Waals surface area contributed by atoms with Crippen LogP contribution < -0.4 is 0 Å². The first-order valence-corrected chi connectivity index (χ1v) is 8.01. The van der Waals surface area contributed by atoms with Gasteiger partial charge in [-0.3, -0.25) is 0 Å². The lowest BCUT2D eigenvalue weighted by Gasteiger charge is -2.32. The van der Waals surface area contributed by atoms with Crippen molar-refractivity contribution < 1.29 is 0 Å². The Hall–Kier alpha value is 0.507. The van der Waals surface area contributed by atoms with Crippen LogP contribution in [-0.2, 0) is 0 Å². The third-order valence-corrected chi connectivity index (χ3v) is 10.8. The first kappa shape index (κ1) is 11.5. The molecule has 0 radical (unpaired) electrons. The van der Waals surface area contributed by atoms with Gasteiger partial charge in [-0.2, -0.15) is 11.1 Å². The summed E-state index contributed by atoms with van der Waals surface area (Å²) < 4.78 is 0. The van der Waals surface area contributed by atoms with Gasteiger partial charge in [-0.25, -0.2) is 0 Å². The van der Waals surface area contributed by atoms with E-state index in [0.717, 1.165) is 0 Å². The Bertz CT molecular complexity index is 102. The van der Waals surface area contributed by atoms with Crippen LogP contribution >= 0.6 is 11.1 Å². The van der Waals surface area contributed by atoms with Crippen molar-refractivity contribution in [3.05, 3.63) is 0 Å². The van der Waals surface area contributed by atoms with E-state index in [-0.39, 0.29) is 0 Å². The fourth-order valence-corrected chi connectivity index (χ4v) is 5.45. The standard InChI is InChI=1S/C9H21ClSi/c1-6-7-11(10,8(2)3)9(4)5/h8-9H,6-7H2,1-5H3. The van der Waals surface area contributed by atoms with Crippen molar-refractivity contribution in [1.29, 1.82) is 0 Å². The van der Waals surface area contributed by atoms with Gasteiger partial charge in [0.25, 0.3) is 0 Å². The quantitative estimate of drug-likeness (QED) is 0.458. The van der Waals surface area contributed by atoms with Crippen molar-refractivity contribution in [2.45, 2.75) is 58.2 Å². The average molecular weight is 193 g/mol. The third kappa shape index (κ3) is 2.79. The molecule has 0 atom stereocenters. The zero-order valence-electron chi connectivity index (χ0n) is 8.45. The lowest BCUT2D eigenvalue weighted by molar-refractivity contribution is 0.882. The van der Waals surface area contributed by atoms with Crippen molar-refractivity contribution in [2.24, 2.45) is 0 Å². The van der Waals surface area contributed by atoms with E-state index < -0.39 is 7.38 Å². The molecule has 0 N–H and O–H groups in total. The van der Waals surface area contributed by atoms with E-state index in [1.54, 1.807) is 0 Å². The molecular weight excluding hydrogens is 172 g/mol. The van der Waals surface area contributed by atoms with Crippen LogP contribution in [0.3, 0.4) is 0 Å². The molecule has 2 heteroatoms. The molecule has 0 aromatic carbocycles. The molecule has 0 aliphatic rings. The van der Waals surface area contributed by atoms with Crippen LogP contribution in [0, 0.1) is 0 Å². The second kappa shape index (κ2) is 4.51. The number of rotatable bonds is 4. The van der Waals surface area contributed by atoms with E-state index in [4.69, 9.17) is 11.1 Å². The fourth-order valence-electron chi connectivity index (χ4n) is 1.63. The van der Waals surface area contributed by atoms with Gasteiger partial charge in [0.05, 0.1) is 0 Å². The smallest absolute Gasteiger partial charge is 0.161 e. The highest BCUT2D eigenvalue weighted by molar-refractivity contribution is 7.21. The lowest BCUT2D eigenvalue weighted by Crippen LogP contribution is -2.34. The molecule has 0 saturated heterocycles. The van der Waals surface area contributed by atoms with Crippen LogP contribution in [0.1, 0.15) is 41.0 Å². The summed E-state index contributed by atoms with van der Waals surface area (Å²) in [6.45, 7) is 11.3. The summed E-state index contributed by atoms with van der Waals surface area (Å²) in [4.78, 5) is 0. The highest BCUT2D eigenvalue weighted by atomic mass is 35.6. The molecule has 0 aromatic heterocycles. The van der Waals surface area contributed by atoms with Gasteiger partial charge < -0.3 is 0 Å². The summed E-state index contributed by atoms with van der Waals surface area (Å²) >= 11 is 6.65. The van der Waals surface area contributed by atoms with Crippen molar-refractivity contribution in [3.8, 4) is 0 Å². The minimum absolute atomic E-state index is 0.712. The van der Waals surface area contributed by atoms with Gasteiger partial charge in [-0.1, -0.05) is 41.0 Å². The molecule has 0 aromatic rings. The first-order valence-electron chi connectivity index (χ1n) is 4.64. The zero-order valence-corrected chi connectivity index (χ0v) is 10.2. The normalized spacial score (nSPS) is 13.1. The highest BCUT2D eigenvalue weighted by Gasteiger charge is 2.36. The summed E-state index contributed by atoms with van der Waals surface area (Å²) in [5.41, 5.74) is 1.42. The van der Waals surface area contributed by atoms with E-state index in [1.807, 2.05) is 0 Å². The van der Waals surface area contributed by atoms with E-state index in [0.29, 0.717) is 11.1 Å². The Balaban J connectivity index is 4.26. The predicted molar refractivity (Wildman–Crippen MR) is 56.9 cm³/mol. The monoisotopic (exact) mass is 192 g/mol. The number of halogens is 1. The maximum Gasteiger partial charge on any atom is 0.161 e. The fraction of sp³-hybridized carbons (Fsp3) is 1.00. The zero-order chi connectivity index (χ0) is 9.07. The molecule has 0 spiro atoms. The maximum atomic E-state index is 6.65. The third-order valence-electron chi connectivity index (χ3n) is 2.55. The topological polar surface area (TPSA) is 0 Å². The predicted octanol–water partition coefficient (Wildman–Crippen LogP) is 4.40. The van der Waals surface area contributed by atoms with E-state index in [9.17, 15) is 0 Å². The SMILES string of the molecule is CCC[Si](Cl)(C(C)C)C(C)C. The van der Waals surface area contributed by atoms with Crippen molar-refractivity contribution >= 4 is 18.5 Å². The number of hydrogen-bond donors (Lipinski definition) is 0. The molecule has 0 rings (SSSR count). The second-order valence-electron chi connectivity index (χ2n) is 3.99. The Kier molecular flexibility index (Phi) is 4.72. The van der Waals surface area contributed by atoms with Crippen LogP contribution in [0.5, 0.6) is 0 Å². The minimum Gasteiger partial charge on any atom is -0.166 e. The maximum absolute atomic E-state index is 6.65. The van der Waals surface area contributed by atoms with Gasteiger partial charge in [-0.15, -0.1) is 0 Å². The average Bonchev–Trinajstić information content (AvgIpc) is 1.87. The van der Waals surface area contributed by atoms with Crippen molar-refractivity contribution in [1.82, 2.24) is 0 Å². The van der Waals surface area contributed by atoms with Crippen LogP contribution in [0.25, 0.3) is 0 Å². The molecule has 0 nitrogen and oxygen atoms in total. The van der Waals surface area contributed by atoms with E-state index >= 15 is 0 Å².